The second-order valence-electron chi connectivity index (χ2n) is 4.80. The van der Waals surface area contributed by atoms with Gasteiger partial charge in [-0.05, 0) is 24.3 Å². The van der Waals surface area contributed by atoms with Crippen LogP contribution in [0.5, 0.6) is 5.75 Å². The van der Waals surface area contributed by atoms with Crippen LogP contribution in [0.2, 0.25) is 5.02 Å². The van der Waals surface area contributed by atoms with Gasteiger partial charge in [-0.25, -0.2) is 0 Å². The third-order valence-corrected chi connectivity index (χ3v) is 4.84. The van der Waals surface area contributed by atoms with E-state index in [4.69, 9.17) is 22.1 Å². The average Bonchev–Trinajstić information content (AvgIpc) is 2.37. The van der Waals surface area contributed by atoms with Crippen LogP contribution in [0.15, 0.2) is 45.3 Å². The van der Waals surface area contributed by atoms with Gasteiger partial charge in [0.15, 0.2) is 0 Å². The van der Waals surface area contributed by atoms with Gasteiger partial charge in [0.25, 0.3) is 0 Å². The van der Waals surface area contributed by atoms with Crippen LogP contribution < -0.4 is 10.5 Å². The Morgan fingerprint density at radius 2 is 1.85 bits per heavy atom. The number of hydrogen-bond acceptors (Lipinski definition) is 2. The lowest BCUT2D eigenvalue weighted by Crippen LogP contribution is -2.24. The van der Waals surface area contributed by atoms with E-state index in [2.05, 4.69) is 31.9 Å². The molecule has 1 aliphatic rings. The van der Waals surface area contributed by atoms with Gasteiger partial charge in [-0.3, -0.25) is 0 Å². The number of ether oxygens (including phenoxy) is 1. The van der Waals surface area contributed by atoms with Crippen LogP contribution in [0.1, 0.15) is 29.7 Å². The van der Waals surface area contributed by atoms with Gasteiger partial charge in [-0.1, -0.05) is 55.6 Å². The third-order valence-electron chi connectivity index (χ3n) is 3.42. The standard InChI is InChI=1S/C15H12Br2ClNO/c16-8-1-3-11-13(19)7-15(20-14(11)5-8)10-4-2-9(18)6-12(10)17/h1-6,13,15H,7,19H2/t13-,15?/m0/s1. The molecule has 0 spiro atoms. The van der Waals surface area contributed by atoms with E-state index in [1.165, 1.54) is 0 Å². The van der Waals surface area contributed by atoms with Gasteiger partial charge < -0.3 is 10.5 Å². The summed E-state index contributed by atoms with van der Waals surface area (Å²) in [6.07, 6.45) is 0.674. The summed E-state index contributed by atoms with van der Waals surface area (Å²) >= 11 is 13.0. The molecule has 1 aliphatic heterocycles. The molecular formula is C15H12Br2ClNO. The Morgan fingerprint density at radius 3 is 2.60 bits per heavy atom. The molecule has 2 aromatic carbocycles. The van der Waals surface area contributed by atoms with E-state index in [0.717, 1.165) is 32.2 Å². The maximum absolute atomic E-state index is 6.27. The zero-order valence-electron chi connectivity index (χ0n) is 10.4. The first-order valence-electron chi connectivity index (χ1n) is 6.21. The van der Waals surface area contributed by atoms with Crippen molar-refractivity contribution in [3.05, 3.63) is 61.5 Å². The predicted octanol–water partition coefficient (Wildman–Crippen LogP) is 5.39. The molecule has 1 unspecified atom stereocenters. The highest BCUT2D eigenvalue weighted by Crippen LogP contribution is 2.42. The van der Waals surface area contributed by atoms with Gasteiger partial charge in [0.05, 0.1) is 0 Å². The highest BCUT2D eigenvalue weighted by atomic mass is 79.9. The Labute approximate surface area is 139 Å². The Kier molecular flexibility index (Phi) is 4.09. The lowest BCUT2D eigenvalue weighted by atomic mass is 9.94. The molecule has 2 atom stereocenters. The van der Waals surface area contributed by atoms with E-state index in [9.17, 15) is 0 Å². The van der Waals surface area contributed by atoms with Crippen molar-refractivity contribution < 1.29 is 4.74 Å². The Hall–Kier alpha value is -0.550. The molecule has 0 amide bonds. The topological polar surface area (TPSA) is 35.2 Å². The fraction of sp³-hybridized carbons (Fsp3) is 0.200. The van der Waals surface area contributed by atoms with Crippen molar-refractivity contribution in [2.75, 3.05) is 0 Å². The Balaban J connectivity index is 1.98. The lowest BCUT2D eigenvalue weighted by Gasteiger charge is -2.31. The van der Waals surface area contributed by atoms with Crippen LogP contribution in [0.3, 0.4) is 0 Å². The first kappa shape index (κ1) is 14.4. The van der Waals surface area contributed by atoms with Crippen molar-refractivity contribution in [3.8, 4) is 5.75 Å². The summed E-state index contributed by atoms with van der Waals surface area (Å²) in [4.78, 5) is 0. The van der Waals surface area contributed by atoms with Crippen LogP contribution >= 0.6 is 43.5 Å². The molecule has 0 bridgehead atoms. The van der Waals surface area contributed by atoms with E-state index in [1.807, 2.05) is 36.4 Å². The van der Waals surface area contributed by atoms with E-state index in [1.54, 1.807) is 0 Å². The molecule has 0 saturated carbocycles. The quantitative estimate of drug-likeness (QED) is 0.675. The summed E-state index contributed by atoms with van der Waals surface area (Å²) in [5.41, 5.74) is 8.38. The molecular weight excluding hydrogens is 405 g/mol. The maximum atomic E-state index is 6.27. The average molecular weight is 418 g/mol. The minimum Gasteiger partial charge on any atom is -0.485 e. The SMILES string of the molecule is N[C@H]1CC(c2ccc(Cl)cc2Br)Oc2cc(Br)ccc21. The van der Waals surface area contributed by atoms with Crippen LogP contribution in [0.25, 0.3) is 0 Å². The first-order valence-corrected chi connectivity index (χ1v) is 8.17. The van der Waals surface area contributed by atoms with Crippen LogP contribution in [-0.4, -0.2) is 0 Å². The number of halogens is 3. The van der Waals surface area contributed by atoms with Crippen molar-refractivity contribution in [1.29, 1.82) is 0 Å². The second kappa shape index (κ2) is 5.68. The number of hydrogen-bond donors (Lipinski definition) is 1. The summed E-state index contributed by atoms with van der Waals surface area (Å²) in [5.74, 6) is 0.838. The predicted molar refractivity (Wildman–Crippen MR) is 88.2 cm³/mol. The lowest BCUT2D eigenvalue weighted by molar-refractivity contribution is 0.161. The molecule has 2 nitrogen and oxygen atoms in total. The number of nitrogens with two attached hydrogens (primary N) is 1. The zero-order valence-corrected chi connectivity index (χ0v) is 14.4. The van der Waals surface area contributed by atoms with E-state index >= 15 is 0 Å². The van der Waals surface area contributed by atoms with Crippen molar-refractivity contribution in [2.45, 2.75) is 18.6 Å². The minimum absolute atomic E-state index is 0.0283. The molecule has 20 heavy (non-hydrogen) atoms. The minimum atomic E-state index is -0.0709. The Bertz CT molecular complexity index is 662. The van der Waals surface area contributed by atoms with Gasteiger partial charge in [0.1, 0.15) is 11.9 Å². The molecule has 0 saturated heterocycles. The summed E-state index contributed by atoms with van der Waals surface area (Å²) < 4.78 is 8.04. The number of fused-ring (bicyclic) bond motifs is 1. The maximum Gasteiger partial charge on any atom is 0.127 e. The molecule has 0 radical (unpaired) electrons. The highest BCUT2D eigenvalue weighted by Gasteiger charge is 2.28. The van der Waals surface area contributed by atoms with Crippen LogP contribution in [-0.2, 0) is 0 Å². The summed E-state index contributed by atoms with van der Waals surface area (Å²) in [5, 5.41) is 0.698. The van der Waals surface area contributed by atoms with Gasteiger partial charge in [0, 0.05) is 37.6 Å². The van der Waals surface area contributed by atoms with E-state index in [0.29, 0.717) is 5.02 Å². The fourth-order valence-corrected chi connectivity index (χ4v) is 3.71. The van der Waals surface area contributed by atoms with Gasteiger partial charge in [0.2, 0.25) is 0 Å². The molecule has 3 rings (SSSR count). The van der Waals surface area contributed by atoms with Gasteiger partial charge in [-0.15, -0.1) is 0 Å². The molecule has 0 aromatic heterocycles. The van der Waals surface area contributed by atoms with Crippen molar-refractivity contribution in [2.24, 2.45) is 5.73 Å². The largest absolute Gasteiger partial charge is 0.485 e. The molecule has 104 valence electrons. The molecule has 2 aromatic rings. The third kappa shape index (κ3) is 2.75. The van der Waals surface area contributed by atoms with Crippen molar-refractivity contribution >= 4 is 43.5 Å². The number of benzene rings is 2. The first-order chi connectivity index (χ1) is 9.54. The normalized spacial score (nSPS) is 21.2. The van der Waals surface area contributed by atoms with Gasteiger partial charge in [-0.2, -0.15) is 0 Å². The van der Waals surface area contributed by atoms with E-state index in [-0.39, 0.29) is 12.1 Å². The molecule has 0 fully saturated rings. The zero-order chi connectivity index (χ0) is 14.3. The second-order valence-corrected chi connectivity index (χ2v) is 7.00. The summed E-state index contributed by atoms with van der Waals surface area (Å²) in [7, 11) is 0. The smallest absolute Gasteiger partial charge is 0.127 e. The summed E-state index contributed by atoms with van der Waals surface area (Å²) in [6, 6.07) is 11.7. The monoisotopic (exact) mass is 415 g/mol. The summed E-state index contributed by atoms with van der Waals surface area (Å²) in [6.45, 7) is 0. The van der Waals surface area contributed by atoms with Crippen molar-refractivity contribution in [3.63, 3.8) is 0 Å². The van der Waals surface area contributed by atoms with Gasteiger partial charge >= 0.3 is 0 Å². The van der Waals surface area contributed by atoms with Crippen LogP contribution in [0, 0.1) is 0 Å². The molecule has 5 heteroatoms. The molecule has 2 N–H and O–H groups in total. The molecule has 1 heterocycles. The molecule has 0 aliphatic carbocycles. The number of rotatable bonds is 1. The fourth-order valence-electron chi connectivity index (χ4n) is 2.43. The van der Waals surface area contributed by atoms with Crippen LogP contribution in [0.4, 0.5) is 0 Å². The highest BCUT2D eigenvalue weighted by molar-refractivity contribution is 9.10. The van der Waals surface area contributed by atoms with Crippen molar-refractivity contribution in [1.82, 2.24) is 0 Å². The Morgan fingerprint density at radius 1 is 1.10 bits per heavy atom. The van der Waals surface area contributed by atoms with E-state index < -0.39 is 0 Å².